The van der Waals surface area contributed by atoms with E-state index in [1.54, 1.807) is 0 Å². The SMILES string of the molecule is O=C(OCc1ccccc1)c1cnc(NC(=O)C(CC2CCCC2)n2cnc(C(F)(F)F)c2)cn1. The van der Waals surface area contributed by atoms with Gasteiger partial charge in [-0.3, -0.25) is 4.79 Å². The first-order valence-electron chi connectivity index (χ1n) is 11.2. The summed E-state index contributed by atoms with van der Waals surface area (Å²) < 4.78 is 45.5. The van der Waals surface area contributed by atoms with Crippen molar-refractivity contribution in [2.45, 2.75) is 50.9 Å². The van der Waals surface area contributed by atoms with E-state index < -0.39 is 29.8 Å². The summed E-state index contributed by atoms with van der Waals surface area (Å²) >= 11 is 0. The molecule has 2 heterocycles. The second-order valence-electron chi connectivity index (χ2n) is 8.44. The van der Waals surface area contributed by atoms with Crippen LogP contribution in [0.1, 0.15) is 59.9 Å². The van der Waals surface area contributed by atoms with Gasteiger partial charge in [0.25, 0.3) is 0 Å². The Morgan fingerprint density at radius 1 is 1.09 bits per heavy atom. The molecule has 1 N–H and O–H groups in total. The first-order chi connectivity index (χ1) is 16.8. The third-order valence-corrected chi connectivity index (χ3v) is 5.91. The zero-order valence-electron chi connectivity index (χ0n) is 18.7. The number of aromatic nitrogens is 4. The predicted molar refractivity (Wildman–Crippen MR) is 119 cm³/mol. The molecule has 0 radical (unpaired) electrons. The number of nitrogens with zero attached hydrogens (tertiary/aromatic N) is 4. The van der Waals surface area contributed by atoms with Crippen molar-refractivity contribution < 1.29 is 27.5 Å². The molecule has 1 aromatic carbocycles. The van der Waals surface area contributed by atoms with Crippen molar-refractivity contribution in [3.8, 4) is 0 Å². The molecule has 0 bridgehead atoms. The van der Waals surface area contributed by atoms with Crippen LogP contribution in [0.25, 0.3) is 0 Å². The summed E-state index contributed by atoms with van der Waals surface area (Å²) in [6.45, 7) is 0.0769. The minimum absolute atomic E-state index is 0.0362. The molecule has 11 heteroatoms. The first kappa shape index (κ1) is 24.4. The van der Waals surface area contributed by atoms with E-state index in [1.165, 1.54) is 17.0 Å². The molecule has 184 valence electrons. The number of benzene rings is 1. The summed E-state index contributed by atoms with van der Waals surface area (Å²) in [4.78, 5) is 36.7. The van der Waals surface area contributed by atoms with Crippen LogP contribution in [0.4, 0.5) is 19.0 Å². The fourth-order valence-electron chi connectivity index (χ4n) is 4.08. The third-order valence-electron chi connectivity index (χ3n) is 5.91. The second-order valence-corrected chi connectivity index (χ2v) is 8.44. The van der Waals surface area contributed by atoms with Gasteiger partial charge in [-0.15, -0.1) is 0 Å². The average molecular weight is 487 g/mol. The minimum atomic E-state index is -4.60. The van der Waals surface area contributed by atoms with Crippen LogP contribution in [0.5, 0.6) is 0 Å². The molecule has 1 saturated carbocycles. The van der Waals surface area contributed by atoms with Crippen LogP contribution in [0.15, 0.2) is 55.2 Å². The number of hydrogen-bond donors (Lipinski definition) is 1. The first-order valence-corrected chi connectivity index (χ1v) is 11.2. The molecule has 35 heavy (non-hydrogen) atoms. The third kappa shape index (κ3) is 6.43. The van der Waals surface area contributed by atoms with Crippen molar-refractivity contribution >= 4 is 17.7 Å². The highest BCUT2D eigenvalue weighted by Gasteiger charge is 2.35. The summed E-state index contributed by atoms with van der Waals surface area (Å²) in [5, 5.41) is 2.59. The van der Waals surface area contributed by atoms with Gasteiger partial charge in [0, 0.05) is 6.20 Å². The van der Waals surface area contributed by atoms with Crippen LogP contribution >= 0.6 is 0 Å². The molecule has 1 aliphatic rings. The Hall–Kier alpha value is -3.76. The molecular weight excluding hydrogens is 463 g/mol. The topological polar surface area (TPSA) is 99.0 Å². The lowest BCUT2D eigenvalue weighted by Gasteiger charge is -2.21. The Morgan fingerprint density at radius 2 is 1.83 bits per heavy atom. The molecule has 1 aliphatic carbocycles. The van der Waals surface area contributed by atoms with Gasteiger partial charge in [0.1, 0.15) is 12.6 Å². The van der Waals surface area contributed by atoms with E-state index in [2.05, 4.69) is 20.3 Å². The van der Waals surface area contributed by atoms with Gasteiger partial charge in [0.2, 0.25) is 5.91 Å². The van der Waals surface area contributed by atoms with E-state index in [-0.39, 0.29) is 24.0 Å². The monoisotopic (exact) mass is 487 g/mol. The molecule has 1 amide bonds. The predicted octanol–water partition coefficient (Wildman–Crippen LogP) is 4.81. The van der Waals surface area contributed by atoms with E-state index >= 15 is 0 Å². The Balaban J connectivity index is 1.42. The van der Waals surface area contributed by atoms with E-state index in [4.69, 9.17) is 4.74 Å². The molecule has 1 fully saturated rings. The molecule has 8 nitrogen and oxygen atoms in total. The zero-order chi connectivity index (χ0) is 24.8. The van der Waals surface area contributed by atoms with E-state index in [9.17, 15) is 22.8 Å². The smallest absolute Gasteiger partial charge is 0.434 e. The lowest BCUT2D eigenvalue weighted by atomic mass is 9.97. The van der Waals surface area contributed by atoms with Crippen LogP contribution in [0.3, 0.4) is 0 Å². The molecule has 0 saturated heterocycles. The van der Waals surface area contributed by atoms with Crippen molar-refractivity contribution in [2.24, 2.45) is 5.92 Å². The number of carbonyl (C=O) groups excluding carboxylic acids is 2. The maximum absolute atomic E-state index is 13.0. The Labute approximate surface area is 199 Å². The molecule has 2 aromatic heterocycles. The van der Waals surface area contributed by atoms with Crippen molar-refractivity contribution in [1.82, 2.24) is 19.5 Å². The minimum Gasteiger partial charge on any atom is -0.456 e. The van der Waals surface area contributed by atoms with E-state index in [0.29, 0.717) is 6.42 Å². The highest BCUT2D eigenvalue weighted by molar-refractivity contribution is 5.93. The summed E-state index contributed by atoms with van der Waals surface area (Å²) in [6.07, 6.45) is 3.94. The Bertz CT molecular complexity index is 1140. The normalized spacial score (nSPS) is 15.1. The van der Waals surface area contributed by atoms with Crippen molar-refractivity contribution in [3.63, 3.8) is 0 Å². The fourth-order valence-corrected chi connectivity index (χ4v) is 4.08. The van der Waals surface area contributed by atoms with Crippen LogP contribution in [0.2, 0.25) is 0 Å². The number of hydrogen-bond acceptors (Lipinski definition) is 6. The van der Waals surface area contributed by atoms with E-state index in [1.807, 2.05) is 30.3 Å². The average Bonchev–Trinajstić information content (AvgIpc) is 3.54. The Kier molecular flexibility index (Phi) is 7.42. The summed E-state index contributed by atoms with van der Waals surface area (Å²) in [7, 11) is 0. The number of nitrogens with one attached hydrogen (secondary N) is 1. The van der Waals surface area contributed by atoms with Crippen LogP contribution < -0.4 is 5.32 Å². The number of rotatable bonds is 8. The van der Waals surface area contributed by atoms with Crippen LogP contribution in [-0.2, 0) is 22.3 Å². The largest absolute Gasteiger partial charge is 0.456 e. The van der Waals surface area contributed by atoms with Crippen molar-refractivity contribution in [1.29, 1.82) is 0 Å². The number of esters is 1. The van der Waals surface area contributed by atoms with Gasteiger partial charge in [-0.1, -0.05) is 56.0 Å². The van der Waals surface area contributed by atoms with Gasteiger partial charge in [0.05, 0.1) is 18.7 Å². The zero-order valence-corrected chi connectivity index (χ0v) is 18.7. The van der Waals surface area contributed by atoms with Gasteiger partial charge in [-0.05, 0) is 17.9 Å². The Morgan fingerprint density at radius 3 is 2.46 bits per heavy atom. The standard InChI is InChI=1S/C24H24F3N5O3/c25-24(26,27)20-13-32(15-30-20)19(10-16-6-4-5-7-16)22(33)31-21-12-28-18(11-29-21)23(34)35-14-17-8-2-1-3-9-17/h1-3,8-9,11-13,15-16,19H,4-7,10,14H2,(H,29,31,33). The van der Waals surface area contributed by atoms with E-state index in [0.717, 1.165) is 43.8 Å². The maximum atomic E-state index is 13.0. The molecular formula is C24H24F3N5O3. The van der Waals surface area contributed by atoms with Crippen molar-refractivity contribution in [2.75, 3.05) is 5.32 Å². The lowest BCUT2D eigenvalue weighted by molar-refractivity contribution is -0.141. The van der Waals surface area contributed by atoms with Gasteiger partial charge in [-0.2, -0.15) is 13.2 Å². The van der Waals surface area contributed by atoms with Gasteiger partial charge in [-0.25, -0.2) is 19.7 Å². The van der Waals surface area contributed by atoms with Crippen LogP contribution in [-0.4, -0.2) is 31.4 Å². The quantitative estimate of drug-likeness (QED) is 0.458. The number of amides is 1. The summed E-state index contributed by atoms with van der Waals surface area (Å²) in [6, 6.07) is 8.25. The second kappa shape index (κ2) is 10.7. The maximum Gasteiger partial charge on any atom is 0.434 e. The van der Waals surface area contributed by atoms with Gasteiger partial charge < -0.3 is 14.6 Å². The number of ether oxygens (including phenoxy) is 1. The highest BCUT2D eigenvalue weighted by Crippen LogP contribution is 2.34. The number of anilines is 1. The molecule has 1 atom stereocenters. The number of halogens is 3. The number of carbonyl (C=O) groups is 2. The summed E-state index contributed by atoms with van der Waals surface area (Å²) in [5.41, 5.74) is -0.273. The molecule has 1 unspecified atom stereocenters. The number of alkyl halides is 3. The van der Waals surface area contributed by atoms with Crippen LogP contribution in [0, 0.1) is 5.92 Å². The lowest BCUT2D eigenvalue weighted by Crippen LogP contribution is -2.27. The number of imidazole rings is 1. The van der Waals surface area contributed by atoms with Gasteiger partial charge >= 0.3 is 12.1 Å². The molecule has 3 aromatic rings. The molecule has 0 spiro atoms. The van der Waals surface area contributed by atoms with Gasteiger partial charge in [0.15, 0.2) is 17.2 Å². The molecule has 0 aliphatic heterocycles. The highest BCUT2D eigenvalue weighted by atomic mass is 19.4. The fraction of sp³-hybridized carbons (Fsp3) is 0.375. The van der Waals surface area contributed by atoms with Crippen molar-refractivity contribution in [3.05, 3.63) is 72.2 Å². The molecule has 4 rings (SSSR count). The summed E-state index contributed by atoms with van der Waals surface area (Å²) in [5.74, 6) is -0.898.